The number of piperidine rings is 2. The predicted octanol–water partition coefficient (Wildman–Crippen LogP) is 3.94. The Morgan fingerprint density at radius 2 is 1.77 bits per heavy atom. The average Bonchev–Trinajstić information content (AvgIpc) is 2.64. The van der Waals surface area contributed by atoms with Crippen molar-refractivity contribution in [2.75, 3.05) is 26.7 Å². The monoisotopic (exact) mass is 358 g/mol. The number of rotatable bonds is 5. The minimum Gasteiger partial charge on any atom is -0.490 e. The van der Waals surface area contributed by atoms with E-state index in [0.29, 0.717) is 18.4 Å². The number of amides is 1. The zero-order valence-electron chi connectivity index (χ0n) is 16.7. The van der Waals surface area contributed by atoms with Crippen molar-refractivity contribution in [3.8, 4) is 5.75 Å². The Balaban J connectivity index is 1.43. The molecule has 4 heteroatoms. The van der Waals surface area contributed by atoms with Crippen LogP contribution in [-0.4, -0.2) is 54.5 Å². The molecule has 144 valence electrons. The predicted molar refractivity (Wildman–Crippen MR) is 106 cm³/mol. The average molecular weight is 359 g/mol. The largest absolute Gasteiger partial charge is 0.490 e. The third-order valence-corrected chi connectivity index (χ3v) is 6.10. The van der Waals surface area contributed by atoms with E-state index >= 15 is 0 Å². The minimum atomic E-state index is 0.225. The molecule has 2 heterocycles. The quantitative estimate of drug-likeness (QED) is 0.799. The maximum absolute atomic E-state index is 12.6. The van der Waals surface area contributed by atoms with Gasteiger partial charge in [-0.05, 0) is 57.8 Å². The molecule has 0 aromatic heterocycles. The highest BCUT2D eigenvalue weighted by atomic mass is 16.5. The number of nitrogens with zero attached hydrogens (tertiary/aromatic N) is 2. The van der Waals surface area contributed by atoms with E-state index in [0.717, 1.165) is 38.1 Å². The van der Waals surface area contributed by atoms with Gasteiger partial charge in [-0.1, -0.05) is 24.6 Å². The summed E-state index contributed by atoms with van der Waals surface area (Å²) in [5.74, 6) is 1.35. The lowest BCUT2D eigenvalue weighted by Gasteiger charge is -2.35. The number of para-hydroxylation sites is 1. The van der Waals surface area contributed by atoms with Crippen LogP contribution in [0.3, 0.4) is 0 Å². The van der Waals surface area contributed by atoms with Gasteiger partial charge in [0.15, 0.2) is 0 Å². The second kappa shape index (κ2) is 8.90. The molecule has 1 atom stereocenters. The topological polar surface area (TPSA) is 32.8 Å². The van der Waals surface area contributed by atoms with Gasteiger partial charge in [0.25, 0.3) is 0 Å². The van der Waals surface area contributed by atoms with Crippen LogP contribution in [0, 0.1) is 13.8 Å². The molecule has 2 aliphatic heterocycles. The SMILES string of the molecule is Cc1cccc(C)c1OC1CCN(C(=O)CCC2CCCCN2C)CC1. The fraction of sp³-hybridized carbons (Fsp3) is 0.682. The summed E-state index contributed by atoms with van der Waals surface area (Å²) in [6.45, 7) is 7.04. The molecule has 2 fully saturated rings. The molecule has 2 saturated heterocycles. The molecule has 1 aromatic rings. The Morgan fingerprint density at radius 3 is 2.42 bits per heavy atom. The van der Waals surface area contributed by atoms with Crippen LogP contribution in [0.25, 0.3) is 0 Å². The van der Waals surface area contributed by atoms with E-state index < -0.39 is 0 Å². The zero-order chi connectivity index (χ0) is 18.5. The standard InChI is InChI=1S/C22H34N2O2/c1-17-7-6-8-18(2)22(17)26-20-12-15-24(16-13-20)21(25)11-10-19-9-4-5-14-23(19)3/h6-8,19-20H,4-5,9-16H2,1-3H3. The molecule has 3 rings (SSSR count). The molecule has 1 unspecified atom stereocenters. The number of aryl methyl sites for hydroxylation is 2. The number of carbonyl (C=O) groups excluding carboxylic acids is 1. The van der Waals surface area contributed by atoms with Crippen molar-refractivity contribution < 1.29 is 9.53 Å². The summed E-state index contributed by atoms with van der Waals surface area (Å²) in [5.41, 5.74) is 2.39. The van der Waals surface area contributed by atoms with E-state index in [2.05, 4.69) is 44.0 Å². The smallest absolute Gasteiger partial charge is 0.222 e. The zero-order valence-corrected chi connectivity index (χ0v) is 16.7. The summed E-state index contributed by atoms with van der Waals surface area (Å²) in [6.07, 6.45) is 7.65. The highest BCUT2D eigenvalue weighted by Gasteiger charge is 2.26. The van der Waals surface area contributed by atoms with Crippen LogP contribution < -0.4 is 4.74 Å². The van der Waals surface area contributed by atoms with Crippen molar-refractivity contribution in [2.45, 2.75) is 70.9 Å². The highest BCUT2D eigenvalue weighted by molar-refractivity contribution is 5.76. The van der Waals surface area contributed by atoms with Crippen molar-refractivity contribution in [2.24, 2.45) is 0 Å². The van der Waals surface area contributed by atoms with Crippen molar-refractivity contribution in [1.82, 2.24) is 9.80 Å². The Bertz CT molecular complexity index is 588. The van der Waals surface area contributed by atoms with Crippen LogP contribution in [0.5, 0.6) is 5.75 Å². The van der Waals surface area contributed by atoms with Gasteiger partial charge in [-0.25, -0.2) is 0 Å². The number of ether oxygens (including phenoxy) is 1. The molecule has 26 heavy (non-hydrogen) atoms. The molecule has 1 aromatic carbocycles. The van der Waals surface area contributed by atoms with Crippen LogP contribution in [0.15, 0.2) is 18.2 Å². The van der Waals surface area contributed by atoms with E-state index in [-0.39, 0.29) is 6.10 Å². The third kappa shape index (κ3) is 4.79. The lowest BCUT2D eigenvalue weighted by atomic mass is 9.98. The molecule has 4 nitrogen and oxygen atoms in total. The molecule has 0 bridgehead atoms. The van der Waals surface area contributed by atoms with E-state index in [9.17, 15) is 4.79 Å². The van der Waals surface area contributed by atoms with Gasteiger partial charge in [0, 0.05) is 38.4 Å². The number of likely N-dealkylation sites (tertiary alicyclic amines) is 2. The number of benzene rings is 1. The van der Waals surface area contributed by atoms with Gasteiger partial charge in [0.1, 0.15) is 11.9 Å². The second-order valence-corrected chi connectivity index (χ2v) is 8.09. The molecular weight excluding hydrogens is 324 g/mol. The van der Waals surface area contributed by atoms with Crippen LogP contribution in [0.1, 0.15) is 56.1 Å². The van der Waals surface area contributed by atoms with E-state index in [4.69, 9.17) is 4.74 Å². The lowest BCUT2D eigenvalue weighted by molar-refractivity contribution is -0.133. The fourth-order valence-electron chi connectivity index (χ4n) is 4.33. The number of carbonyl (C=O) groups is 1. The van der Waals surface area contributed by atoms with Crippen LogP contribution in [0.2, 0.25) is 0 Å². The van der Waals surface area contributed by atoms with Crippen molar-refractivity contribution in [1.29, 1.82) is 0 Å². The first-order valence-corrected chi connectivity index (χ1v) is 10.3. The number of hydrogen-bond donors (Lipinski definition) is 0. The van der Waals surface area contributed by atoms with Crippen LogP contribution in [0.4, 0.5) is 0 Å². The van der Waals surface area contributed by atoms with Gasteiger partial charge in [0.2, 0.25) is 5.91 Å². The third-order valence-electron chi connectivity index (χ3n) is 6.10. The molecule has 0 radical (unpaired) electrons. The van der Waals surface area contributed by atoms with Gasteiger partial charge in [-0.15, -0.1) is 0 Å². The van der Waals surface area contributed by atoms with E-state index in [1.807, 2.05) is 4.90 Å². The Kier molecular flexibility index (Phi) is 6.58. The van der Waals surface area contributed by atoms with Gasteiger partial charge in [-0.3, -0.25) is 4.79 Å². The normalized spacial score (nSPS) is 22.4. The highest BCUT2D eigenvalue weighted by Crippen LogP contribution is 2.27. The summed E-state index contributed by atoms with van der Waals surface area (Å²) in [6, 6.07) is 6.87. The first-order chi connectivity index (χ1) is 12.5. The van der Waals surface area contributed by atoms with E-state index in [1.54, 1.807) is 0 Å². The maximum Gasteiger partial charge on any atom is 0.222 e. The molecule has 2 aliphatic rings. The number of hydrogen-bond acceptors (Lipinski definition) is 3. The van der Waals surface area contributed by atoms with Crippen molar-refractivity contribution >= 4 is 5.91 Å². The Hall–Kier alpha value is -1.55. The maximum atomic E-state index is 12.6. The minimum absolute atomic E-state index is 0.225. The molecule has 0 saturated carbocycles. The fourth-order valence-corrected chi connectivity index (χ4v) is 4.33. The summed E-state index contributed by atoms with van der Waals surface area (Å²) in [5, 5.41) is 0. The molecule has 0 N–H and O–H groups in total. The van der Waals surface area contributed by atoms with Gasteiger partial charge in [0.05, 0.1) is 0 Å². The summed E-state index contributed by atoms with van der Waals surface area (Å²) in [4.78, 5) is 17.1. The van der Waals surface area contributed by atoms with Gasteiger partial charge in [-0.2, -0.15) is 0 Å². The lowest BCUT2D eigenvalue weighted by Crippen LogP contribution is -2.43. The molecule has 0 spiro atoms. The Morgan fingerprint density at radius 1 is 1.08 bits per heavy atom. The Labute approximate surface area is 158 Å². The first-order valence-electron chi connectivity index (χ1n) is 10.3. The first kappa shape index (κ1) is 19.2. The van der Waals surface area contributed by atoms with Crippen LogP contribution in [-0.2, 0) is 4.79 Å². The molecule has 1 amide bonds. The summed E-state index contributed by atoms with van der Waals surface area (Å²) in [7, 11) is 2.20. The van der Waals surface area contributed by atoms with E-state index in [1.165, 1.54) is 36.9 Å². The van der Waals surface area contributed by atoms with Gasteiger partial charge >= 0.3 is 0 Å². The second-order valence-electron chi connectivity index (χ2n) is 8.09. The summed E-state index contributed by atoms with van der Waals surface area (Å²) < 4.78 is 6.27. The van der Waals surface area contributed by atoms with Crippen molar-refractivity contribution in [3.63, 3.8) is 0 Å². The molecule has 0 aliphatic carbocycles. The van der Waals surface area contributed by atoms with Crippen LogP contribution >= 0.6 is 0 Å². The van der Waals surface area contributed by atoms with Crippen molar-refractivity contribution in [3.05, 3.63) is 29.3 Å². The summed E-state index contributed by atoms with van der Waals surface area (Å²) >= 11 is 0. The van der Waals surface area contributed by atoms with Gasteiger partial charge < -0.3 is 14.5 Å². The molecular formula is C22H34N2O2.